The molecule has 0 aromatic heterocycles. The first kappa shape index (κ1) is 24.1. The van der Waals surface area contributed by atoms with E-state index in [9.17, 15) is 19.5 Å². The molecule has 180 valence electrons. The van der Waals surface area contributed by atoms with E-state index in [0.717, 1.165) is 35.1 Å². The number of ether oxygens (including phenoxy) is 1. The van der Waals surface area contributed by atoms with E-state index in [0.29, 0.717) is 24.6 Å². The van der Waals surface area contributed by atoms with Crippen LogP contribution in [-0.4, -0.2) is 65.7 Å². The lowest BCUT2D eigenvalue weighted by atomic mass is 9.98. The van der Waals surface area contributed by atoms with Crippen molar-refractivity contribution in [1.82, 2.24) is 10.2 Å². The van der Waals surface area contributed by atoms with Crippen LogP contribution < -0.4 is 5.32 Å². The second-order valence-electron chi connectivity index (χ2n) is 8.85. The molecule has 1 atom stereocenters. The molecule has 34 heavy (non-hydrogen) atoms. The molecule has 7 nitrogen and oxygen atoms in total. The molecule has 0 spiro atoms. The number of thioether (sulfide) groups is 1. The number of hydrogen-bond acceptors (Lipinski definition) is 5. The minimum Gasteiger partial charge on any atom is -0.480 e. The quantitative estimate of drug-likeness (QED) is 0.503. The van der Waals surface area contributed by atoms with Gasteiger partial charge in [-0.3, -0.25) is 9.59 Å². The van der Waals surface area contributed by atoms with Gasteiger partial charge in [-0.1, -0.05) is 61.4 Å². The Morgan fingerprint density at radius 3 is 2.26 bits per heavy atom. The Hall–Kier alpha value is -3.00. The van der Waals surface area contributed by atoms with Crippen molar-refractivity contribution in [2.24, 2.45) is 5.92 Å². The Morgan fingerprint density at radius 1 is 1.09 bits per heavy atom. The van der Waals surface area contributed by atoms with Gasteiger partial charge in [-0.25, -0.2) is 4.79 Å². The highest BCUT2D eigenvalue weighted by Crippen LogP contribution is 2.44. The van der Waals surface area contributed by atoms with Crippen molar-refractivity contribution in [2.75, 3.05) is 31.7 Å². The number of amides is 2. The van der Waals surface area contributed by atoms with Crippen molar-refractivity contribution >= 4 is 29.7 Å². The van der Waals surface area contributed by atoms with Crippen LogP contribution in [0.1, 0.15) is 36.3 Å². The van der Waals surface area contributed by atoms with Gasteiger partial charge in [0.2, 0.25) is 5.91 Å². The van der Waals surface area contributed by atoms with Crippen LogP contribution in [0.15, 0.2) is 48.5 Å². The zero-order valence-corrected chi connectivity index (χ0v) is 20.1. The molecule has 1 saturated carbocycles. The van der Waals surface area contributed by atoms with Gasteiger partial charge in [0.25, 0.3) is 0 Å². The molecule has 0 bridgehead atoms. The maximum atomic E-state index is 13.2. The van der Waals surface area contributed by atoms with E-state index in [1.54, 1.807) is 0 Å². The minimum atomic E-state index is -1.07. The molecule has 0 radical (unpaired) electrons. The summed E-state index contributed by atoms with van der Waals surface area (Å²) in [5, 5.41) is 12.0. The Kier molecular flexibility index (Phi) is 7.77. The number of benzene rings is 2. The topological polar surface area (TPSA) is 95.9 Å². The monoisotopic (exact) mass is 482 g/mol. The number of nitrogens with zero attached hydrogens (tertiary/aromatic N) is 1. The van der Waals surface area contributed by atoms with Crippen LogP contribution >= 0.6 is 11.8 Å². The fraction of sp³-hybridized carbons (Fsp3) is 0.423. The predicted octanol–water partition coefficient (Wildman–Crippen LogP) is 3.97. The first-order valence-corrected chi connectivity index (χ1v) is 13.0. The van der Waals surface area contributed by atoms with E-state index in [2.05, 4.69) is 29.6 Å². The second kappa shape index (κ2) is 11.0. The molecule has 2 aliphatic rings. The third-order valence-electron chi connectivity index (χ3n) is 6.40. The number of nitrogens with one attached hydrogen (secondary N) is 1. The largest absolute Gasteiger partial charge is 0.480 e. The number of carbonyl (C=O) groups is 3. The highest BCUT2D eigenvalue weighted by molar-refractivity contribution is 7.98. The van der Waals surface area contributed by atoms with Gasteiger partial charge in [0.05, 0.1) is 0 Å². The van der Waals surface area contributed by atoms with E-state index in [1.165, 1.54) is 16.7 Å². The van der Waals surface area contributed by atoms with Crippen molar-refractivity contribution in [3.63, 3.8) is 0 Å². The lowest BCUT2D eigenvalue weighted by molar-refractivity contribution is -0.145. The smallest absolute Gasteiger partial charge is 0.407 e. The fourth-order valence-electron chi connectivity index (χ4n) is 4.54. The molecule has 1 fully saturated rings. The number of fused-ring (bicyclic) bond motifs is 3. The molecule has 0 saturated heterocycles. The Balaban J connectivity index is 1.42. The van der Waals surface area contributed by atoms with E-state index < -0.39 is 18.1 Å². The summed E-state index contributed by atoms with van der Waals surface area (Å²) in [6, 6.07) is 15.4. The number of carboxylic acids is 1. The van der Waals surface area contributed by atoms with Crippen molar-refractivity contribution in [3.8, 4) is 11.1 Å². The van der Waals surface area contributed by atoms with Gasteiger partial charge in [0.1, 0.15) is 19.2 Å². The molecule has 2 N–H and O–H groups in total. The third kappa shape index (κ3) is 5.73. The van der Waals surface area contributed by atoms with Gasteiger partial charge in [-0.15, -0.1) is 0 Å². The van der Waals surface area contributed by atoms with Crippen LogP contribution in [0, 0.1) is 5.92 Å². The SMILES string of the molecule is CSCCN(CC(=O)O)C(=O)C(CC1CC1)NC(=O)OCC1c2ccccc2-c2ccccc21. The van der Waals surface area contributed by atoms with Crippen LogP contribution in [0.4, 0.5) is 4.79 Å². The predicted molar refractivity (Wildman–Crippen MR) is 132 cm³/mol. The zero-order valence-electron chi connectivity index (χ0n) is 19.2. The Bertz CT molecular complexity index is 1010. The number of carboxylic acid groups (broad SMARTS) is 1. The van der Waals surface area contributed by atoms with Crippen LogP contribution in [-0.2, 0) is 14.3 Å². The highest BCUT2D eigenvalue weighted by atomic mass is 32.2. The first-order chi connectivity index (χ1) is 16.5. The fourth-order valence-corrected chi connectivity index (χ4v) is 4.95. The van der Waals surface area contributed by atoms with Gasteiger partial charge in [0.15, 0.2) is 0 Å². The molecular formula is C26H30N2O5S. The average Bonchev–Trinajstić information content (AvgIpc) is 3.60. The normalized spacial score (nSPS) is 15.2. The Morgan fingerprint density at radius 2 is 1.71 bits per heavy atom. The number of hydrogen-bond donors (Lipinski definition) is 2. The van der Waals surface area contributed by atoms with Gasteiger partial charge < -0.3 is 20.1 Å². The van der Waals surface area contributed by atoms with Crippen LogP contribution in [0.3, 0.4) is 0 Å². The summed E-state index contributed by atoms with van der Waals surface area (Å²) >= 11 is 1.54. The zero-order chi connectivity index (χ0) is 24.1. The highest BCUT2D eigenvalue weighted by Gasteiger charge is 2.34. The van der Waals surface area contributed by atoms with Crippen molar-refractivity contribution in [2.45, 2.75) is 31.2 Å². The third-order valence-corrected chi connectivity index (χ3v) is 6.99. The second-order valence-corrected chi connectivity index (χ2v) is 9.83. The lowest BCUT2D eigenvalue weighted by Gasteiger charge is -2.26. The van der Waals surface area contributed by atoms with Crippen molar-refractivity contribution in [1.29, 1.82) is 0 Å². The minimum absolute atomic E-state index is 0.0687. The maximum Gasteiger partial charge on any atom is 0.407 e. The van der Waals surface area contributed by atoms with Gasteiger partial charge in [-0.2, -0.15) is 11.8 Å². The maximum absolute atomic E-state index is 13.2. The number of rotatable bonds is 11. The molecule has 8 heteroatoms. The van der Waals surface area contributed by atoms with Gasteiger partial charge in [-0.05, 0) is 40.8 Å². The number of alkyl carbamates (subject to hydrolysis) is 1. The molecule has 0 aliphatic heterocycles. The van der Waals surface area contributed by atoms with Crippen LogP contribution in [0.5, 0.6) is 0 Å². The van der Waals surface area contributed by atoms with E-state index in [1.807, 2.05) is 30.5 Å². The summed E-state index contributed by atoms with van der Waals surface area (Å²) in [6.07, 6.45) is 3.78. The standard InChI is InChI=1S/C26H30N2O5S/c1-34-13-12-28(15-24(29)30)25(31)23(14-17-10-11-17)27-26(32)33-16-22-20-8-4-2-6-18(20)19-7-3-5-9-21(19)22/h2-9,17,22-23H,10-16H2,1H3,(H,27,32)(H,29,30). The molecule has 4 rings (SSSR count). The summed E-state index contributed by atoms with van der Waals surface area (Å²) in [6.45, 7) is 0.0995. The summed E-state index contributed by atoms with van der Waals surface area (Å²) < 4.78 is 5.62. The summed E-state index contributed by atoms with van der Waals surface area (Å²) in [5.74, 6) is -0.506. The van der Waals surface area contributed by atoms with Gasteiger partial charge >= 0.3 is 12.1 Å². The van der Waals surface area contributed by atoms with E-state index in [-0.39, 0.29) is 25.0 Å². The Labute approximate surface area is 203 Å². The summed E-state index contributed by atoms with van der Waals surface area (Å²) in [5.41, 5.74) is 4.53. The van der Waals surface area contributed by atoms with Crippen molar-refractivity contribution < 1.29 is 24.2 Å². The van der Waals surface area contributed by atoms with Crippen LogP contribution in [0.25, 0.3) is 11.1 Å². The summed E-state index contributed by atoms with van der Waals surface area (Å²) in [7, 11) is 0. The van der Waals surface area contributed by atoms with Crippen LogP contribution in [0.2, 0.25) is 0 Å². The average molecular weight is 483 g/mol. The summed E-state index contributed by atoms with van der Waals surface area (Å²) in [4.78, 5) is 38.5. The molecule has 0 heterocycles. The number of carbonyl (C=O) groups excluding carboxylic acids is 2. The lowest BCUT2D eigenvalue weighted by Crippen LogP contribution is -2.51. The van der Waals surface area contributed by atoms with E-state index in [4.69, 9.17) is 4.74 Å². The number of aliphatic carboxylic acids is 1. The van der Waals surface area contributed by atoms with Crippen molar-refractivity contribution in [3.05, 3.63) is 59.7 Å². The molecule has 1 unspecified atom stereocenters. The van der Waals surface area contributed by atoms with E-state index >= 15 is 0 Å². The molecule has 2 aliphatic carbocycles. The van der Waals surface area contributed by atoms with Gasteiger partial charge in [0, 0.05) is 18.2 Å². The molecular weight excluding hydrogens is 452 g/mol. The first-order valence-electron chi connectivity index (χ1n) is 11.6. The molecule has 2 aromatic carbocycles. The molecule has 2 aromatic rings. The molecule has 2 amide bonds.